The molecule has 0 saturated heterocycles. The Labute approximate surface area is 101 Å². The Kier molecular flexibility index (Phi) is 4.62. The predicted molar refractivity (Wildman–Crippen MR) is 68.1 cm³/mol. The number of benzene rings is 1. The average molecular weight is 241 g/mol. The Balaban J connectivity index is 2.59. The molecule has 16 heavy (non-hydrogen) atoms. The first-order valence-corrected chi connectivity index (χ1v) is 5.74. The zero-order chi connectivity index (χ0) is 12.1. The van der Waals surface area contributed by atoms with Crippen molar-refractivity contribution in [2.75, 3.05) is 5.32 Å². The lowest BCUT2D eigenvalue weighted by atomic mass is 10.2. The summed E-state index contributed by atoms with van der Waals surface area (Å²) in [5.74, 6) is 0. The van der Waals surface area contributed by atoms with E-state index in [1.54, 1.807) is 6.07 Å². The number of nitrogens with one attached hydrogen (secondary N) is 2. The lowest BCUT2D eigenvalue weighted by Crippen LogP contribution is -2.35. The molecule has 0 aliphatic rings. The monoisotopic (exact) mass is 240 g/mol. The van der Waals surface area contributed by atoms with Crippen molar-refractivity contribution in [1.82, 2.24) is 5.32 Å². The van der Waals surface area contributed by atoms with E-state index < -0.39 is 0 Å². The zero-order valence-electron chi connectivity index (χ0n) is 9.80. The lowest BCUT2D eigenvalue weighted by molar-refractivity contribution is 0.249. The summed E-state index contributed by atoms with van der Waals surface area (Å²) in [6.45, 7) is 5.90. The van der Waals surface area contributed by atoms with Crippen LogP contribution in [0.2, 0.25) is 5.02 Å². The van der Waals surface area contributed by atoms with Gasteiger partial charge in [-0.05, 0) is 38.0 Å². The summed E-state index contributed by atoms with van der Waals surface area (Å²) in [6, 6.07) is 5.42. The minimum atomic E-state index is -0.200. The molecule has 0 fully saturated rings. The van der Waals surface area contributed by atoms with Crippen LogP contribution in [0.15, 0.2) is 18.2 Å². The van der Waals surface area contributed by atoms with Crippen molar-refractivity contribution in [2.45, 2.75) is 33.2 Å². The number of aryl methyl sites for hydroxylation is 1. The second kappa shape index (κ2) is 5.75. The van der Waals surface area contributed by atoms with E-state index in [4.69, 9.17) is 11.6 Å². The van der Waals surface area contributed by atoms with Crippen molar-refractivity contribution in [2.24, 2.45) is 0 Å². The molecule has 88 valence electrons. The largest absolute Gasteiger partial charge is 0.335 e. The van der Waals surface area contributed by atoms with Crippen molar-refractivity contribution in [3.05, 3.63) is 28.8 Å². The Morgan fingerprint density at radius 2 is 2.19 bits per heavy atom. The van der Waals surface area contributed by atoms with Gasteiger partial charge in [-0.3, -0.25) is 0 Å². The summed E-state index contributed by atoms with van der Waals surface area (Å²) in [5.41, 5.74) is 1.70. The van der Waals surface area contributed by atoms with E-state index in [-0.39, 0.29) is 12.1 Å². The molecule has 3 nitrogen and oxygen atoms in total. The lowest BCUT2D eigenvalue weighted by Gasteiger charge is -2.12. The molecular weight excluding hydrogens is 224 g/mol. The van der Waals surface area contributed by atoms with Crippen LogP contribution >= 0.6 is 11.6 Å². The van der Waals surface area contributed by atoms with E-state index in [1.807, 2.05) is 32.9 Å². The van der Waals surface area contributed by atoms with Gasteiger partial charge in [0.05, 0.1) is 0 Å². The van der Waals surface area contributed by atoms with Crippen LogP contribution in [-0.4, -0.2) is 12.1 Å². The fourth-order valence-corrected chi connectivity index (χ4v) is 1.34. The van der Waals surface area contributed by atoms with Crippen LogP contribution in [-0.2, 0) is 0 Å². The van der Waals surface area contributed by atoms with Crippen LogP contribution in [0.4, 0.5) is 10.5 Å². The Morgan fingerprint density at radius 3 is 2.75 bits per heavy atom. The third-order valence-electron chi connectivity index (χ3n) is 2.42. The van der Waals surface area contributed by atoms with Gasteiger partial charge in [-0.2, -0.15) is 0 Å². The summed E-state index contributed by atoms with van der Waals surface area (Å²) in [4.78, 5) is 11.5. The quantitative estimate of drug-likeness (QED) is 0.833. The normalized spacial score (nSPS) is 12.0. The molecule has 1 aromatic carbocycles. The summed E-state index contributed by atoms with van der Waals surface area (Å²) < 4.78 is 0. The topological polar surface area (TPSA) is 41.1 Å². The number of carbonyl (C=O) groups is 1. The van der Waals surface area contributed by atoms with E-state index in [9.17, 15) is 4.79 Å². The third kappa shape index (κ3) is 3.74. The van der Waals surface area contributed by atoms with Gasteiger partial charge in [0.2, 0.25) is 0 Å². The molecule has 0 heterocycles. The van der Waals surface area contributed by atoms with E-state index in [1.165, 1.54) is 0 Å². The molecule has 1 atom stereocenters. The number of rotatable bonds is 3. The van der Waals surface area contributed by atoms with Crippen LogP contribution < -0.4 is 10.6 Å². The van der Waals surface area contributed by atoms with Gasteiger partial charge >= 0.3 is 6.03 Å². The molecule has 1 rings (SSSR count). The predicted octanol–water partition coefficient (Wildman–Crippen LogP) is 3.57. The number of urea groups is 1. The smallest absolute Gasteiger partial charge is 0.319 e. The number of hydrogen-bond acceptors (Lipinski definition) is 1. The van der Waals surface area contributed by atoms with Gasteiger partial charge in [0.15, 0.2) is 0 Å². The molecule has 1 aromatic rings. The van der Waals surface area contributed by atoms with Crippen LogP contribution in [0.25, 0.3) is 0 Å². The van der Waals surface area contributed by atoms with Gasteiger partial charge in [0.25, 0.3) is 0 Å². The number of carbonyl (C=O) groups excluding carboxylic acids is 1. The highest BCUT2D eigenvalue weighted by Gasteiger charge is 2.05. The second-order valence-electron chi connectivity index (χ2n) is 3.87. The van der Waals surface area contributed by atoms with Crippen molar-refractivity contribution < 1.29 is 4.79 Å². The molecule has 0 radical (unpaired) electrons. The highest BCUT2D eigenvalue weighted by Crippen LogP contribution is 2.19. The van der Waals surface area contributed by atoms with Crippen molar-refractivity contribution in [1.29, 1.82) is 0 Å². The minimum Gasteiger partial charge on any atom is -0.335 e. The first-order valence-electron chi connectivity index (χ1n) is 5.36. The van der Waals surface area contributed by atoms with Crippen LogP contribution in [0.1, 0.15) is 25.8 Å². The van der Waals surface area contributed by atoms with Gasteiger partial charge in [-0.25, -0.2) is 4.79 Å². The van der Waals surface area contributed by atoms with Gasteiger partial charge in [0, 0.05) is 16.8 Å². The molecule has 4 heteroatoms. The maximum Gasteiger partial charge on any atom is 0.319 e. The molecule has 0 aromatic heterocycles. The summed E-state index contributed by atoms with van der Waals surface area (Å²) in [7, 11) is 0. The molecule has 0 unspecified atom stereocenters. The standard InChI is InChI=1S/C12H17ClN2O/c1-4-9(3)14-12(16)15-10-6-5-8(2)11(13)7-10/h5-7,9H,4H2,1-3H3,(H2,14,15,16)/t9-/m0/s1. The van der Waals surface area contributed by atoms with E-state index in [0.29, 0.717) is 10.7 Å². The second-order valence-corrected chi connectivity index (χ2v) is 4.28. The van der Waals surface area contributed by atoms with Crippen molar-refractivity contribution in [3.8, 4) is 0 Å². The van der Waals surface area contributed by atoms with E-state index >= 15 is 0 Å². The molecular formula is C12H17ClN2O. The number of hydrogen-bond donors (Lipinski definition) is 2. The molecule has 0 saturated carbocycles. The maximum atomic E-state index is 11.5. The number of anilines is 1. The first kappa shape index (κ1) is 12.8. The van der Waals surface area contributed by atoms with Crippen LogP contribution in [0, 0.1) is 6.92 Å². The fraction of sp³-hybridized carbons (Fsp3) is 0.417. The molecule has 0 aliphatic heterocycles. The number of halogens is 1. The zero-order valence-corrected chi connectivity index (χ0v) is 10.6. The number of amides is 2. The van der Waals surface area contributed by atoms with Gasteiger partial charge in [-0.1, -0.05) is 24.6 Å². The molecule has 2 amide bonds. The summed E-state index contributed by atoms with van der Waals surface area (Å²) in [5, 5.41) is 6.21. The highest BCUT2D eigenvalue weighted by atomic mass is 35.5. The molecule has 2 N–H and O–H groups in total. The summed E-state index contributed by atoms with van der Waals surface area (Å²) >= 11 is 5.96. The van der Waals surface area contributed by atoms with Gasteiger partial charge < -0.3 is 10.6 Å². The highest BCUT2D eigenvalue weighted by molar-refractivity contribution is 6.31. The Bertz CT molecular complexity index is 379. The molecule has 0 spiro atoms. The van der Waals surface area contributed by atoms with Gasteiger partial charge in [0.1, 0.15) is 0 Å². The van der Waals surface area contributed by atoms with Crippen molar-refractivity contribution in [3.63, 3.8) is 0 Å². The summed E-state index contributed by atoms with van der Waals surface area (Å²) in [6.07, 6.45) is 0.905. The maximum absolute atomic E-state index is 11.5. The third-order valence-corrected chi connectivity index (χ3v) is 2.83. The fourth-order valence-electron chi connectivity index (χ4n) is 1.16. The average Bonchev–Trinajstić information content (AvgIpc) is 2.23. The first-order chi connectivity index (χ1) is 7.52. The Morgan fingerprint density at radius 1 is 1.50 bits per heavy atom. The van der Waals surface area contributed by atoms with Crippen molar-refractivity contribution >= 4 is 23.3 Å². The van der Waals surface area contributed by atoms with E-state index in [0.717, 1.165) is 12.0 Å². The van der Waals surface area contributed by atoms with E-state index in [2.05, 4.69) is 10.6 Å². The molecule has 0 aliphatic carbocycles. The van der Waals surface area contributed by atoms with Crippen LogP contribution in [0.5, 0.6) is 0 Å². The molecule has 0 bridgehead atoms. The SMILES string of the molecule is CC[C@H](C)NC(=O)Nc1ccc(C)c(Cl)c1. The Hall–Kier alpha value is -1.22. The minimum absolute atomic E-state index is 0.168. The van der Waals surface area contributed by atoms with Gasteiger partial charge in [-0.15, -0.1) is 0 Å². The van der Waals surface area contributed by atoms with Crippen LogP contribution in [0.3, 0.4) is 0 Å².